The maximum absolute atomic E-state index is 11.5. The molecule has 1 aromatic heterocycles. The largest absolute Gasteiger partial charge is 0.465 e. The molecule has 0 fully saturated rings. The fraction of sp³-hybridized carbons (Fsp3) is 0.250. The van der Waals surface area contributed by atoms with E-state index in [1.807, 2.05) is 29.0 Å². The van der Waals surface area contributed by atoms with Gasteiger partial charge in [0.15, 0.2) is 0 Å². The number of carbonyl (C=O) groups excluding carboxylic acids is 1. The van der Waals surface area contributed by atoms with E-state index in [4.69, 9.17) is 9.84 Å². The van der Waals surface area contributed by atoms with Crippen LogP contribution in [0.1, 0.15) is 10.4 Å². The lowest BCUT2D eigenvalue weighted by Gasteiger charge is -2.04. The molecule has 0 saturated heterocycles. The van der Waals surface area contributed by atoms with Crippen LogP contribution < -0.4 is 0 Å². The molecule has 16 heavy (non-hydrogen) atoms. The molecule has 4 heteroatoms. The number of aliphatic hydroxyl groups is 1. The smallest absolute Gasteiger partial charge is 0.338 e. The summed E-state index contributed by atoms with van der Waals surface area (Å²) in [5.74, 6) is -0.340. The summed E-state index contributed by atoms with van der Waals surface area (Å²) in [7, 11) is 1.37. The first-order valence-corrected chi connectivity index (χ1v) is 5.05. The van der Waals surface area contributed by atoms with Gasteiger partial charge in [0.25, 0.3) is 0 Å². The lowest BCUT2D eigenvalue weighted by Crippen LogP contribution is -2.03. The second-order valence-electron chi connectivity index (χ2n) is 3.46. The minimum Gasteiger partial charge on any atom is -0.465 e. The van der Waals surface area contributed by atoms with Crippen LogP contribution in [0, 0.1) is 0 Å². The molecule has 0 bridgehead atoms. The molecule has 0 spiro atoms. The Kier molecular flexibility index (Phi) is 2.92. The van der Waals surface area contributed by atoms with Crippen LogP contribution in [0.4, 0.5) is 0 Å². The summed E-state index contributed by atoms with van der Waals surface area (Å²) < 4.78 is 6.62. The van der Waals surface area contributed by atoms with Crippen molar-refractivity contribution in [2.24, 2.45) is 0 Å². The van der Waals surface area contributed by atoms with E-state index in [2.05, 4.69) is 0 Å². The van der Waals surface area contributed by atoms with E-state index < -0.39 is 0 Å². The first-order valence-electron chi connectivity index (χ1n) is 5.05. The average Bonchev–Trinajstić information content (AvgIpc) is 2.72. The third kappa shape index (κ3) is 1.67. The summed E-state index contributed by atoms with van der Waals surface area (Å²) in [4.78, 5) is 11.5. The molecule has 4 nitrogen and oxygen atoms in total. The molecule has 0 radical (unpaired) electrons. The lowest BCUT2D eigenvalue weighted by molar-refractivity contribution is 0.0603. The number of fused-ring (bicyclic) bond motifs is 1. The van der Waals surface area contributed by atoms with Crippen molar-refractivity contribution >= 4 is 16.9 Å². The monoisotopic (exact) mass is 219 g/mol. The van der Waals surface area contributed by atoms with Gasteiger partial charge in [-0.2, -0.15) is 0 Å². The first kappa shape index (κ1) is 10.7. The standard InChI is InChI=1S/C12H13NO3/c1-16-12(15)10-3-2-4-11-9(10)5-6-13(11)7-8-14/h2-6,14H,7-8H2,1H3. The summed E-state index contributed by atoms with van der Waals surface area (Å²) in [6, 6.07) is 7.31. The fourth-order valence-corrected chi connectivity index (χ4v) is 1.81. The molecule has 0 aliphatic heterocycles. The Balaban J connectivity index is 2.57. The van der Waals surface area contributed by atoms with Gasteiger partial charge in [0.1, 0.15) is 0 Å². The molecule has 1 aromatic carbocycles. The van der Waals surface area contributed by atoms with Crippen molar-refractivity contribution < 1.29 is 14.6 Å². The molecule has 0 saturated carbocycles. The maximum atomic E-state index is 11.5. The van der Waals surface area contributed by atoms with Gasteiger partial charge in [-0.1, -0.05) is 6.07 Å². The van der Waals surface area contributed by atoms with Crippen molar-refractivity contribution in [3.63, 3.8) is 0 Å². The summed E-state index contributed by atoms with van der Waals surface area (Å²) in [6.07, 6.45) is 1.85. The van der Waals surface area contributed by atoms with Crippen molar-refractivity contribution in [3.8, 4) is 0 Å². The number of rotatable bonds is 3. The Morgan fingerprint density at radius 2 is 2.25 bits per heavy atom. The van der Waals surface area contributed by atoms with Crippen molar-refractivity contribution in [1.82, 2.24) is 4.57 Å². The second-order valence-corrected chi connectivity index (χ2v) is 3.46. The number of esters is 1. The van der Waals surface area contributed by atoms with Gasteiger partial charge >= 0.3 is 5.97 Å². The van der Waals surface area contributed by atoms with Crippen molar-refractivity contribution in [2.45, 2.75) is 6.54 Å². The molecule has 0 aliphatic rings. The van der Waals surface area contributed by atoms with Crippen molar-refractivity contribution in [1.29, 1.82) is 0 Å². The van der Waals surface area contributed by atoms with E-state index in [9.17, 15) is 4.79 Å². The van der Waals surface area contributed by atoms with Gasteiger partial charge in [-0.15, -0.1) is 0 Å². The molecule has 0 aliphatic carbocycles. The minimum atomic E-state index is -0.340. The molecule has 0 amide bonds. The molecule has 1 heterocycles. The number of hydrogen-bond acceptors (Lipinski definition) is 3. The first-order chi connectivity index (χ1) is 7.77. The molecule has 2 aromatic rings. The van der Waals surface area contributed by atoms with Crippen LogP contribution in [-0.2, 0) is 11.3 Å². The zero-order valence-electron chi connectivity index (χ0n) is 9.01. The van der Waals surface area contributed by atoms with E-state index in [-0.39, 0.29) is 12.6 Å². The third-order valence-electron chi connectivity index (χ3n) is 2.56. The number of benzene rings is 1. The Bertz CT molecular complexity index is 516. The molecule has 0 atom stereocenters. The van der Waals surface area contributed by atoms with Crippen LogP contribution in [0.5, 0.6) is 0 Å². The van der Waals surface area contributed by atoms with Crippen LogP contribution in [-0.4, -0.2) is 29.4 Å². The van der Waals surface area contributed by atoms with Gasteiger partial charge in [0, 0.05) is 23.6 Å². The van der Waals surface area contributed by atoms with Gasteiger partial charge in [-0.3, -0.25) is 0 Å². The highest BCUT2D eigenvalue weighted by Crippen LogP contribution is 2.20. The van der Waals surface area contributed by atoms with Crippen LogP contribution in [0.2, 0.25) is 0 Å². The number of methoxy groups -OCH3 is 1. The van der Waals surface area contributed by atoms with E-state index in [1.54, 1.807) is 6.07 Å². The predicted molar refractivity (Wildman–Crippen MR) is 60.4 cm³/mol. The highest BCUT2D eigenvalue weighted by Gasteiger charge is 2.11. The molecule has 1 N–H and O–H groups in total. The molecule has 0 unspecified atom stereocenters. The zero-order valence-corrected chi connectivity index (χ0v) is 9.01. The minimum absolute atomic E-state index is 0.0756. The normalized spacial score (nSPS) is 10.6. The summed E-state index contributed by atoms with van der Waals surface area (Å²) in [5, 5.41) is 9.76. The average molecular weight is 219 g/mol. The maximum Gasteiger partial charge on any atom is 0.338 e. The molecular formula is C12H13NO3. The number of hydrogen-bond donors (Lipinski definition) is 1. The fourth-order valence-electron chi connectivity index (χ4n) is 1.81. The van der Waals surface area contributed by atoms with Crippen LogP contribution in [0.25, 0.3) is 10.9 Å². The van der Waals surface area contributed by atoms with Gasteiger partial charge < -0.3 is 14.4 Å². The van der Waals surface area contributed by atoms with Gasteiger partial charge in [0.2, 0.25) is 0 Å². The van der Waals surface area contributed by atoms with Gasteiger partial charge in [0.05, 0.1) is 19.3 Å². The number of nitrogens with zero attached hydrogens (tertiary/aromatic N) is 1. The number of aliphatic hydroxyl groups excluding tert-OH is 1. The van der Waals surface area contributed by atoms with Gasteiger partial charge in [-0.25, -0.2) is 4.79 Å². The Morgan fingerprint density at radius 1 is 1.44 bits per heavy atom. The van der Waals surface area contributed by atoms with Crippen molar-refractivity contribution in [2.75, 3.05) is 13.7 Å². The summed E-state index contributed by atoms with van der Waals surface area (Å²) in [6.45, 7) is 0.598. The highest BCUT2D eigenvalue weighted by molar-refractivity contribution is 6.03. The van der Waals surface area contributed by atoms with E-state index in [0.717, 1.165) is 10.9 Å². The quantitative estimate of drug-likeness (QED) is 0.794. The Labute approximate surface area is 93.1 Å². The molecule has 2 rings (SSSR count). The second kappa shape index (κ2) is 4.37. The third-order valence-corrected chi connectivity index (χ3v) is 2.56. The SMILES string of the molecule is COC(=O)c1cccc2c1ccn2CCO. The molecular weight excluding hydrogens is 206 g/mol. The van der Waals surface area contributed by atoms with Crippen LogP contribution >= 0.6 is 0 Å². The summed E-state index contributed by atoms with van der Waals surface area (Å²) >= 11 is 0. The lowest BCUT2D eigenvalue weighted by atomic mass is 10.1. The van der Waals surface area contributed by atoms with E-state index in [0.29, 0.717) is 12.1 Å². The number of carbonyl (C=O) groups is 1. The Hall–Kier alpha value is -1.81. The van der Waals surface area contributed by atoms with Gasteiger partial charge in [-0.05, 0) is 18.2 Å². The summed E-state index contributed by atoms with van der Waals surface area (Å²) in [5.41, 5.74) is 1.48. The molecule has 84 valence electrons. The Morgan fingerprint density at radius 3 is 2.94 bits per heavy atom. The predicted octanol–water partition coefficient (Wildman–Crippen LogP) is 1.42. The van der Waals surface area contributed by atoms with E-state index >= 15 is 0 Å². The van der Waals surface area contributed by atoms with Crippen LogP contribution in [0.15, 0.2) is 30.5 Å². The highest BCUT2D eigenvalue weighted by atomic mass is 16.5. The van der Waals surface area contributed by atoms with Crippen LogP contribution in [0.3, 0.4) is 0 Å². The zero-order chi connectivity index (χ0) is 11.5. The number of ether oxygens (including phenoxy) is 1. The topological polar surface area (TPSA) is 51.5 Å². The van der Waals surface area contributed by atoms with Crippen molar-refractivity contribution in [3.05, 3.63) is 36.0 Å². The number of aromatic nitrogens is 1. The van der Waals surface area contributed by atoms with E-state index in [1.165, 1.54) is 7.11 Å².